The Labute approximate surface area is 150 Å². The molecular weight excluding hydrogens is 328 g/mol. The fourth-order valence-corrected chi connectivity index (χ4v) is 3.44. The van der Waals surface area contributed by atoms with Crippen LogP contribution in [0.3, 0.4) is 0 Å². The topological polar surface area (TPSA) is 86.9 Å². The number of fused-ring (bicyclic) bond motifs is 2. The molecule has 6 nitrogen and oxygen atoms in total. The molecule has 2 aliphatic rings. The molecule has 0 fully saturated rings. The smallest absolute Gasteiger partial charge is 0.256 e. The molecule has 2 aromatic rings. The maximum atomic E-state index is 12.7. The number of carbonyl (C=O) groups is 1. The minimum Gasteiger partial charge on any atom is -0.377 e. The van der Waals surface area contributed by atoms with Gasteiger partial charge in [0.15, 0.2) is 0 Å². The van der Waals surface area contributed by atoms with Crippen LogP contribution in [-0.4, -0.2) is 28.5 Å². The molecule has 0 bridgehead atoms. The first kappa shape index (κ1) is 16.3. The van der Waals surface area contributed by atoms with Crippen molar-refractivity contribution in [3.05, 3.63) is 69.7 Å². The molecule has 0 spiro atoms. The van der Waals surface area contributed by atoms with Gasteiger partial charge in [0.1, 0.15) is 11.2 Å². The molecule has 6 heteroatoms. The Kier molecular flexibility index (Phi) is 4.16. The van der Waals surface area contributed by atoms with E-state index in [0.717, 1.165) is 18.5 Å². The van der Waals surface area contributed by atoms with E-state index in [1.54, 1.807) is 12.3 Å². The highest BCUT2D eigenvalue weighted by Crippen LogP contribution is 2.32. The number of carbonyl (C=O) groups excluding carboxylic acids is 1. The lowest BCUT2D eigenvalue weighted by Crippen LogP contribution is -2.28. The van der Waals surface area contributed by atoms with Crippen LogP contribution in [0.4, 0.5) is 5.69 Å². The van der Waals surface area contributed by atoms with E-state index in [-0.39, 0.29) is 22.9 Å². The fourth-order valence-electron chi connectivity index (χ4n) is 3.44. The van der Waals surface area contributed by atoms with E-state index in [9.17, 15) is 9.59 Å². The van der Waals surface area contributed by atoms with Gasteiger partial charge in [-0.2, -0.15) is 0 Å². The summed E-state index contributed by atoms with van der Waals surface area (Å²) in [5.41, 5.74) is 3.74. The molecule has 2 aliphatic carbocycles. The number of pyridine rings is 2. The zero-order chi connectivity index (χ0) is 18.1. The van der Waals surface area contributed by atoms with E-state index in [2.05, 4.69) is 44.9 Å². The molecule has 0 aliphatic heterocycles. The van der Waals surface area contributed by atoms with Crippen molar-refractivity contribution in [1.82, 2.24) is 15.3 Å². The number of hydrogen-bond donors (Lipinski definition) is 3. The number of anilines is 1. The quantitative estimate of drug-likeness (QED) is 0.793. The predicted octanol–water partition coefficient (Wildman–Crippen LogP) is 2.67. The van der Waals surface area contributed by atoms with Crippen molar-refractivity contribution in [2.75, 3.05) is 11.9 Å². The number of rotatable bonds is 4. The molecule has 26 heavy (non-hydrogen) atoms. The molecule has 132 valence electrons. The minimum atomic E-state index is -0.377. The highest BCUT2D eigenvalue weighted by atomic mass is 16.2. The number of hydrogen-bond acceptors (Lipinski definition) is 4. The summed E-state index contributed by atoms with van der Waals surface area (Å²) in [4.78, 5) is 31.9. The van der Waals surface area contributed by atoms with Crippen LogP contribution in [0.25, 0.3) is 11.0 Å². The van der Waals surface area contributed by atoms with Gasteiger partial charge < -0.3 is 15.6 Å². The van der Waals surface area contributed by atoms with Gasteiger partial charge in [-0.15, -0.1) is 0 Å². The highest BCUT2D eigenvalue weighted by molar-refractivity contribution is 5.96. The molecule has 0 aromatic carbocycles. The van der Waals surface area contributed by atoms with E-state index in [1.807, 2.05) is 6.92 Å². The number of H-pyrrole nitrogens is 1. The number of nitrogens with one attached hydrogen (secondary N) is 3. The Morgan fingerprint density at radius 3 is 3.08 bits per heavy atom. The van der Waals surface area contributed by atoms with Crippen LogP contribution in [-0.2, 0) is 0 Å². The largest absolute Gasteiger partial charge is 0.377 e. The molecule has 1 amide bonds. The first-order valence-corrected chi connectivity index (χ1v) is 8.78. The van der Waals surface area contributed by atoms with E-state index in [4.69, 9.17) is 0 Å². The summed E-state index contributed by atoms with van der Waals surface area (Å²) in [5, 5.41) is 6.49. The number of allylic oxidation sites excluding steroid dienone is 4. The maximum absolute atomic E-state index is 12.7. The van der Waals surface area contributed by atoms with Crippen molar-refractivity contribution in [2.24, 2.45) is 0 Å². The Morgan fingerprint density at radius 1 is 1.38 bits per heavy atom. The predicted molar refractivity (Wildman–Crippen MR) is 102 cm³/mol. The van der Waals surface area contributed by atoms with Gasteiger partial charge in [0.05, 0.1) is 17.3 Å². The van der Waals surface area contributed by atoms with Gasteiger partial charge in [0.25, 0.3) is 5.91 Å². The molecule has 3 N–H and O–H groups in total. The summed E-state index contributed by atoms with van der Waals surface area (Å²) in [6.07, 6.45) is 13.6. The first-order chi connectivity index (χ1) is 12.7. The summed E-state index contributed by atoms with van der Waals surface area (Å²) in [5.74, 6) is -0.377. The SMILES string of the molecule is CCNC(=O)c1c[nH]c2ncc(NC3C=C4CC=CC=C4C3)cc2c1=O. The van der Waals surface area contributed by atoms with Crippen LogP contribution >= 0.6 is 0 Å². The molecule has 4 rings (SSSR count). The highest BCUT2D eigenvalue weighted by Gasteiger charge is 2.21. The van der Waals surface area contributed by atoms with Crippen LogP contribution in [0.15, 0.2) is 58.7 Å². The lowest BCUT2D eigenvalue weighted by atomic mass is 10.0. The third-order valence-electron chi connectivity index (χ3n) is 4.69. The Hall–Kier alpha value is -3.15. The van der Waals surface area contributed by atoms with Crippen LogP contribution in [0.2, 0.25) is 0 Å². The van der Waals surface area contributed by atoms with E-state index in [0.29, 0.717) is 17.6 Å². The second-order valence-electron chi connectivity index (χ2n) is 6.48. The minimum absolute atomic E-state index is 0.100. The van der Waals surface area contributed by atoms with Crippen LogP contribution in [0.1, 0.15) is 30.1 Å². The third kappa shape index (κ3) is 2.94. The van der Waals surface area contributed by atoms with E-state index >= 15 is 0 Å². The lowest BCUT2D eigenvalue weighted by Gasteiger charge is -2.13. The van der Waals surface area contributed by atoms with Gasteiger partial charge in [0.2, 0.25) is 5.43 Å². The normalized spacial score (nSPS) is 18.3. The molecule has 0 radical (unpaired) electrons. The maximum Gasteiger partial charge on any atom is 0.256 e. The molecule has 0 saturated carbocycles. The Bertz CT molecular complexity index is 1030. The van der Waals surface area contributed by atoms with Crippen molar-refractivity contribution in [3.8, 4) is 0 Å². The Morgan fingerprint density at radius 2 is 2.27 bits per heavy atom. The number of aromatic nitrogens is 2. The third-order valence-corrected chi connectivity index (χ3v) is 4.69. The van der Waals surface area contributed by atoms with Crippen molar-refractivity contribution in [3.63, 3.8) is 0 Å². The van der Waals surface area contributed by atoms with Gasteiger partial charge in [-0.3, -0.25) is 9.59 Å². The summed E-state index contributed by atoms with van der Waals surface area (Å²) in [6.45, 7) is 2.28. The molecular formula is C20H20N4O2. The second kappa shape index (κ2) is 6.63. The van der Waals surface area contributed by atoms with Gasteiger partial charge >= 0.3 is 0 Å². The monoisotopic (exact) mass is 348 g/mol. The Balaban J connectivity index is 1.63. The van der Waals surface area contributed by atoms with Gasteiger partial charge in [0, 0.05) is 18.8 Å². The number of aromatic amines is 1. The van der Waals surface area contributed by atoms with Crippen LogP contribution in [0, 0.1) is 0 Å². The zero-order valence-electron chi connectivity index (χ0n) is 14.5. The molecule has 1 atom stereocenters. The van der Waals surface area contributed by atoms with E-state index in [1.165, 1.54) is 17.3 Å². The molecule has 0 saturated heterocycles. The van der Waals surface area contributed by atoms with E-state index < -0.39 is 0 Å². The summed E-state index contributed by atoms with van der Waals surface area (Å²) < 4.78 is 0. The van der Waals surface area contributed by atoms with Crippen molar-refractivity contribution >= 4 is 22.6 Å². The van der Waals surface area contributed by atoms with Gasteiger partial charge in [-0.05, 0) is 37.0 Å². The van der Waals surface area contributed by atoms with Crippen molar-refractivity contribution in [1.29, 1.82) is 0 Å². The summed E-state index contributed by atoms with van der Waals surface area (Å²) >= 11 is 0. The second-order valence-corrected chi connectivity index (χ2v) is 6.48. The van der Waals surface area contributed by atoms with Crippen LogP contribution in [0.5, 0.6) is 0 Å². The lowest BCUT2D eigenvalue weighted by molar-refractivity contribution is 0.0954. The first-order valence-electron chi connectivity index (χ1n) is 8.78. The van der Waals surface area contributed by atoms with Crippen molar-refractivity contribution in [2.45, 2.75) is 25.8 Å². The van der Waals surface area contributed by atoms with Gasteiger partial charge in [-0.1, -0.05) is 24.3 Å². The van der Waals surface area contributed by atoms with Crippen LogP contribution < -0.4 is 16.1 Å². The average Bonchev–Trinajstić information content (AvgIpc) is 3.05. The standard InChI is InChI=1S/C20H20N4O2/c1-2-21-20(26)17-11-23-19-16(18(17)25)9-15(10-22-19)24-14-7-12-5-3-4-6-13(12)8-14/h3-5,8-11,14,24H,2,6-7H2,1H3,(H,21,26)(H,22,23,25). The molecule has 2 heterocycles. The fraction of sp³-hybridized carbons (Fsp3) is 0.250. The van der Waals surface area contributed by atoms with Gasteiger partial charge in [-0.25, -0.2) is 4.98 Å². The average molecular weight is 348 g/mol. The molecule has 1 unspecified atom stereocenters. The summed E-state index contributed by atoms with van der Waals surface area (Å²) in [7, 11) is 0. The summed E-state index contributed by atoms with van der Waals surface area (Å²) in [6, 6.07) is 1.94. The zero-order valence-corrected chi connectivity index (χ0v) is 14.5. The number of amides is 1. The number of nitrogens with zero attached hydrogens (tertiary/aromatic N) is 1. The molecule has 2 aromatic heterocycles. The van der Waals surface area contributed by atoms with Crippen molar-refractivity contribution < 1.29 is 4.79 Å².